The van der Waals surface area contributed by atoms with Crippen molar-refractivity contribution in [3.63, 3.8) is 0 Å². The fraction of sp³-hybridized carbons (Fsp3) is 0.793. The van der Waals surface area contributed by atoms with Crippen molar-refractivity contribution in [1.82, 2.24) is 0 Å². The number of rotatable bonds is 50. The highest BCUT2D eigenvalue weighted by atomic mass is 16.6. The molecule has 1 atom stereocenters. The van der Waals surface area contributed by atoms with Gasteiger partial charge in [0.2, 0.25) is 0 Å². The van der Waals surface area contributed by atoms with Crippen LogP contribution in [0.2, 0.25) is 0 Å². The van der Waals surface area contributed by atoms with E-state index in [4.69, 9.17) is 9.47 Å². The average Bonchev–Trinajstić information content (AvgIpc) is 3.29. The first-order chi connectivity index (χ1) is 31.1. The van der Waals surface area contributed by atoms with Crippen molar-refractivity contribution < 1.29 is 24.2 Å². The molecule has 5 heteroatoms. The molecule has 0 amide bonds. The molecule has 0 aliphatic carbocycles. The molecular formula is C58H104O5. The summed E-state index contributed by atoms with van der Waals surface area (Å²) in [6, 6.07) is 0. The molecule has 0 aromatic carbocycles. The van der Waals surface area contributed by atoms with Gasteiger partial charge in [-0.3, -0.25) is 9.59 Å². The van der Waals surface area contributed by atoms with E-state index in [9.17, 15) is 14.7 Å². The first kappa shape index (κ1) is 60.6. The number of carbonyl (C=O) groups excluding carboxylic acids is 2. The van der Waals surface area contributed by atoms with E-state index < -0.39 is 6.10 Å². The van der Waals surface area contributed by atoms with Crippen molar-refractivity contribution in [3.05, 3.63) is 60.8 Å². The molecule has 0 radical (unpaired) electrons. The summed E-state index contributed by atoms with van der Waals surface area (Å²) in [6.45, 7) is 4.06. The van der Waals surface area contributed by atoms with Crippen LogP contribution in [0.15, 0.2) is 60.8 Å². The van der Waals surface area contributed by atoms with Crippen molar-refractivity contribution in [2.24, 2.45) is 0 Å². The number of ether oxygens (including phenoxy) is 2. The quantitative estimate of drug-likeness (QED) is 0.0374. The van der Waals surface area contributed by atoms with Crippen LogP contribution in [0, 0.1) is 0 Å². The zero-order chi connectivity index (χ0) is 45.6. The van der Waals surface area contributed by atoms with Gasteiger partial charge >= 0.3 is 11.9 Å². The van der Waals surface area contributed by atoms with E-state index in [1.54, 1.807) is 0 Å². The summed E-state index contributed by atoms with van der Waals surface area (Å²) < 4.78 is 10.7. The van der Waals surface area contributed by atoms with Crippen LogP contribution in [0.1, 0.15) is 277 Å². The molecule has 0 aromatic rings. The third-order valence-electron chi connectivity index (χ3n) is 12.1. The molecule has 1 N–H and O–H groups in total. The molecule has 0 aliphatic rings. The Hall–Kier alpha value is -2.40. The SMILES string of the molecule is CC/C=C\C/C=C\C/C=C\C/C=C\C/C=C\CCCCCCCCCCCCCCCC(=O)OC(CO)COC(=O)CCCCCCCCCCCCCCCCCCCCCC. The summed E-state index contributed by atoms with van der Waals surface area (Å²) >= 11 is 0. The summed E-state index contributed by atoms with van der Waals surface area (Å²) in [6.07, 6.45) is 71.8. The Morgan fingerprint density at radius 1 is 0.381 bits per heavy atom. The second kappa shape index (κ2) is 53.9. The molecule has 63 heavy (non-hydrogen) atoms. The molecule has 0 spiro atoms. The zero-order valence-corrected chi connectivity index (χ0v) is 41.8. The predicted octanol–water partition coefficient (Wildman–Crippen LogP) is 18.2. The number of aliphatic hydroxyl groups is 1. The maximum Gasteiger partial charge on any atom is 0.306 e. The van der Waals surface area contributed by atoms with Gasteiger partial charge in [0, 0.05) is 12.8 Å². The first-order valence-electron chi connectivity index (χ1n) is 27.3. The summed E-state index contributed by atoms with van der Waals surface area (Å²) in [4.78, 5) is 24.5. The minimum absolute atomic E-state index is 0.0634. The number of hydrogen-bond acceptors (Lipinski definition) is 5. The van der Waals surface area contributed by atoms with E-state index in [0.29, 0.717) is 12.8 Å². The van der Waals surface area contributed by atoms with Gasteiger partial charge in [0.15, 0.2) is 6.10 Å². The lowest BCUT2D eigenvalue weighted by molar-refractivity contribution is -0.161. The van der Waals surface area contributed by atoms with Crippen molar-refractivity contribution in [2.45, 2.75) is 283 Å². The number of esters is 2. The van der Waals surface area contributed by atoms with Gasteiger partial charge in [0.05, 0.1) is 6.61 Å². The van der Waals surface area contributed by atoms with E-state index in [2.05, 4.69) is 74.6 Å². The Bertz CT molecular complexity index is 1090. The van der Waals surface area contributed by atoms with Crippen LogP contribution in [0.4, 0.5) is 0 Å². The third kappa shape index (κ3) is 52.1. The lowest BCUT2D eigenvalue weighted by Crippen LogP contribution is -2.28. The number of unbranched alkanes of at least 4 members (excludes halogenated alkanes) is 32. The molecule has 0 aliphatic heterocycles. The number of carbonyl (C=O) groups is 2. The molecule has 0 bridgehead atoms. The normalized spacial score (nSPS) is 12.6. The molecule has 1 unspecified atom stereocenters. The minimum Gasteiger partial charge on any atom is -0.462 e. The van der Waals surface area contributed by atoms with Crippen LogP contribution in [0.5, 0.6) is 0 Å². The maximum absolute atomic E-state index is 12.3. The minimum atomic E-state index is -0.772. The molecule has 0 heterocycles. The van der Waals surface area contributed by atoms with Gasteiger partial charge in [0.1, 0.15) is 6.61 Å². The smallest absolute Gasteiger partial charge is 0.306 e. The van der Waals surface area contributed by atoms with Crippen molar-refractivity contribution in [2.75, 3.05) is 13.2 Å². The Balaban J connectivity index is 3.48. The van der Waals surface area contributed by atoms with Gasteiger partial charge in [-0.25, -0.2) is 0 Å². The van der Waals surface area contributed by atoms with E-state index in [1.165, 1.54) is 180 Å². The first-order valence-corrected chi connectivity index (χ1v) is 27.3. The third-order valence-corrected chi connectivity index (χ3v) is 12.1. The number of hydrogen-bond donors (Lipinski definition) is 1. The average molecular weight is 881 g/mol. The van der Waals surface area contributed by atoms with Crippen LogP contribution in [-0.4, -0.2) is 36.4 Å². The van der Waals surface area contributed by atoms with Crippen LogP contribution < -0.4 is 0 Å². The standard InChI is InChI=1S/C58H104O5/c1-3-5-7-9-11-13-15-17-19-21-23-25-26-27-28-29-30-31-32-33-35-37-39-41-43-45-47-49-51-53-58(61)63-56(54-59)55-62-57(60)52-50-48-46-44-42-40-38-36-34-24-22-20-18-16-14-12-10-8-6-4-2/h5,7,11,13,17,19,23,25,27-28,56,59H,3-4,6,8-10,12,14-16,18,20-22,24,26,29-55H2,1-2H3/b7-5-,13-11-,19-17-,25-23-,28-27-. The van der Waals surface area contributed by atoms with Gasteiger partial charge in [-0.05, 0) is 57.8 Å². The summed E-state index contributed by atoms with van der Waals surface area (Å²) in [5, 5.41) is 9.64. The van der Waals surface area contributed by atoms with E-state index >= 15 is 0 Å². The highest BCUT2D eigenvalue weighted by molar-refractivity contribution is 5.70. The van der Waals surface area contributed by atoms with E-state index in [1.807, 2.05) is 0 Å². The molecule has 366 valence electrons. The van der Waals surface area contributed by atoms with E-state index in [-0.39, 0.29) is 25.2 Å². The molecule has 0 aromatic heterocycles. The van der Waals surface area contributed by atoms with Crippen LogP contribution in [0.3, 0.4) is 0 Å². The van der Waals surface area contributed by atoms with Crippen molar-refractivity contribution in [1.29, 1.82) is 0 Å². The van der Waals surface area contributed by atoms with Gasteiger partial charge < -0.3 is 14.6 Å². The molecule has 0 fully saturated rings. The highest BCUT2D eigenvalue weighted by Gasteiger charge is 2.16. The topological polar surface area (TPSA) is 72.8 Å². The number of aliphatic hydroxyl groups excluding tert-OH is 1. The van der Waals surface area contributed by atoms with Gasteiger partial charge in [-0.15, -0.1) is 0 Å². The fourth-order valence-electron chi connectivity index (χ4n) is 8.00. The van der Waals surface area contributed by atoms with Gasteiger partial charge in [0.25, 0.3) is 0 Å². The molecule has 5 nitrogen and oxygen atoms in total. The molecule has 0 saturated heterocycles. The number of allylic oxidation sites excluding steroid dienone is 10. The Labute approximate surface area is 391 Å². The van der Waals surface area contributed by atoms with Gasteiger partial charge in [-0.1, -0.05) is 267 Å². The Morgan fingerprint density at radius 3 is 1.03 bits per heavy atom. The summed E-state index contributed by atoms with van der Waals surface area (Å²) in [5.74, 6) is -0.580. The highest BCUT2D eigenvalue weighted by Crippen LogP contribution is 2.17. The Kier molecular flexibility index (Phi) is 51.9. The van der Waals surface area contributed by atoms with E-state index in [0.717, 1.165) is 70.6 Å². The fourth-order valence-corrected chi connectivity index (χ4v) is 8.00. The lowest BCUT2D eigenvalue weighted by Gasteiger charge is -2.15. The van der Waals surface area contributed by atoms with Crippen molar-refractivity contribution in [3.8, 4) is 0 Å². The second-order valence-electron chi connectivity index (χ2n) is 18.3. The zero-order valence-electron chi connectivity index (χ0n) is 41.8. The lowest BCUT2D eigenvalue weighted by atomic mass is 10.0. The van der Waals surface area contributed by atoms with Gasteiger partial charge in [-0.2, -0.15) is 0 Å². The summed E-state index contributed by atoms with van der Waals surface area (Å²) in [7, 11) is 0. The molecule has 0 saturated carbocycles. The van der Waals surface area contributed by atoms with Crippen LogP contribution >= 0.6 is 0 Å². The van der Waals surface area contributed by atoms with Crippen LogP contribution in [0.25, 0.3) is 0 Å². The largest absolute Gasteiger partial charge is 0.462 e. The monoisotopic (exact) mass is 881 g/mol. The van der Waals surface area contributed by atoms with Crippen molar-refractivity contribution >= 4 is 11.9 Å². The second-order valence-corrected chi connectivity index (χ2v) is 18.3. The summed E-state index contributed by atoms with van der Waals surface area (Å²) in [5.41, 5.74) is 0. The predicted molar refractivity (Wildman–Crippen MR) is 274 cm³/mol. The van der Waals surface area contributed by atoms with Crippen LogP contribution in [-0.2, 0) is 19.1 Å². The Morgan fingerprint density at radius 2 is 0.683 bits per heavy atom. The maximum atomic E-state index is 12.3. The molecular weight excluding hydrogens is 777 g/mol. The molecule has 0 rings (SSSR count).